The number of benzene rings is 1. The summed E-state index contributed by atoms with van der Waals surface area (Å²) in [6.45, 7) is 10.4. The Labute approximate surface area is 180 Å². The largest absolute Gasteiger partial charge is 0.404 e. The van der Waals surface area contributed by atoms with Gasteiger partial charge in [-0.1, -0.05) is 55.8 Å². The fourth-order valence-corrected chi connectivity index (χ4v) is 4.21. The molecule has 0 aliphatic heterocycles. The van der Waals surface area contributed by atoms with E-state index in [1.54, 1.807) is 12.3 Å². The number of hydrogen-bond donors (Lipinski definition) is 1. The topological polar surface area (TPSA) is 38.4 Å². The van der Waals surface area contributed by atoms with Crippen LogP contribution in [0.5, 0.6) is 0 Å². The summed E-state index contributed by atoms with van der Waals surface area (Å²) in [7, 11) is 0. The van der Waals surface area contributed by atoms with Crippen LogP contribution in [0.25, 0.3) is 0 Å². The molecule has 158 valence electrons. The molecule has 0 fully saturated rings. The predicted molar refractivity (Wildman–Crippen MR) is 126 cm³/mol. The highest BCUT2D eigenvalue weighted by Gasteiger charge is 2.32. The average molecular weight is 405 g/mol. The van der Waals surface area contributed by atoms with Crippen molar-refractivity contribution < 1.29 is 4.39 Å². The van der Waals surface area contributed by atoms with E-state index < -0.39 is 0 Å². The zero-order valence-corrected chi connectivity index (χ0v) is 18.4. The van der Waals surface area contributed by atoms with E-state index in [9.17, 15) is 4.39 Å². The van der Waals surface area contributed by atoms with Gasteiger partial charge in [-0.2, -0.15) is 0 Å². The van der Waals surface area contributed by atoms with E-state index in [0.717, 1.165) is 42.5 Å². The second kappa shape index (κ2) is 9.42. The van der Waals surface area contributed by atoms with Gasteiger partial charge in [-0.3, -0.25) is 0 Å². The van der Waals surface area contributed by atoms with Gasteiger partial charge in [-0.15, -0.1) is 6.58 Å². The van der Waals surface area contributed by atoms with E-state index in [1.807, 2.05) is 12.2 Å². The van der Waals surface area contributed by atoms with Crippen molar-refractivity contribution in [1.29, 1.82) is 0 Å². The van der Waals surface area contributed by atoms with Crippen LogP contribution in [0.3, 0.4) is 0 Å². The van der Waals surface area contributed by atoms with Gasteiger partial charge in [0.1, 0.15) is 5.83 Å². The molecule has 0 saturated heterocycles. The van der Waals surface area contributed by atoms with Crippen LogP contribution in [0.1, 0.15) is 50.7 Å². The van der Waals surface area contributed by atoms with Crippen LogP contribution in [0.2, 0.25) is 0 Å². The highest BCUT2D eigenvalue weighted by Crippen LogP contribution is 2.41. The van der Waals surface area contributed by atoms with Gasteiger partial charge >= 0.3 is 0 Å². The molecule has 1 aromatic carbocycles. The van der Waals surface area contributed by atoms with Crippen molar-refractivity contribution in [1.82, 2.24) is 0 Å². The van der Waals surface area contributed by atoms with Crippen LogP contribution in [-0.4, -0.2) is 5.71 Å². The summed E-state index contributed by atoms with van der Waals surface area (Å²) in [4.78, 5) is 4.86. The average Bonchev–Trinajstić information content (AvgIpc) is 3.07. The number of aryl methyl sites for hydroxylation is 2. The molecule has 0 saturated carbocycles. The maximum atomic E-state index is 14.6. The molecule has 1 unspecified atom stereocenters. The Balaban J connectivity index is 1.97. The zero-order valence-electron chi connectivity index (χ0n) is 18.4. The molecule has 2 aliphatic rings. The van der Waals surface area contributed by atoms with E-state index in [2.05, 4.69) is 57.7 Å². The second-order valence-corrected chi connectivity index (χ2v) is 8.92. The summed E-state index contributed by atoms with van der Waals surface area (Å²) in [6, 6.07) is 8.51. The molecule has 0 aromatic heterocycles. The second-order valence-electron chi connectivity index (χ2n) is 8.92. The van der Waals surface area contributed by atoms with Crippen molar-refractivity contribution in [2.45, 2.75) is 52.9 Å². The molecule has 3 rings (SSSR count). The van der Waals surface area contributed by atoms with E-state index >= 15 is 0 Å². The summed E-state index contributed by atoms with van der Waals surface area (Å²) in [5.74, 6) is -0.162. The minimum atomic E-state index is -0.267. The lowest BCUT2D eigenvalue weighted by Gasteiger charge is -2.26. The predicted octanol–water partition coefficient (Wildman–Crippen LogP) is 6.90. The minimum absolute atomic E-state index is 0.0102. The first-order valence-corrected chi connectivity index (χ1v) is 10.8. The molecule has 0 heterocycles. The van der Waals surface area contributed by atoms with Crippen LogP contribution < -0.4 is 5.73 Å². The van der Waals surface area contributed by atoms with Gasteiger partial charge in [-0.05, 0) is 79.5 Å². The fourth-order valence-electron chi connectivity index (χ4n) is 4.21. The Bertz CT molecular complexity index is 957. The lowest BCUT2D eigenvalue weighted by atomic mass is 9.80. The molecule has 2 aliphatic carbocycles. The molecule has 1 atom stereocenters. The quantitative estimate of drug-likeness (QED) is 0.389. The summed E-state index contributed by atoms with van der Waals surface area (Å²) >= 11 is 0. The maximum absolute atomic E-state index is 14.6. The molecule has 30 heavy (non-hydrogen) atoms. The van der Waals surface area contributed by atoms with Crippen LogP contribution >= 0.6 is 0 Å². The molecule has 0 radical (unpaired) electrons. The fraction of sp³-hybridized carbons (Fsp3) is 0.370. The van der Waals surface area contributed by atoms with Crippen molar-refractivity contribution in [2.75, 3.05) is 0 Å². The van der Waals surface area contributed by atoms with Gasteiger partial charge in [0, 0.05) is 5.92 Å². The zero-order chi connectivity index (χ0) is 21.7. The molecule has 0 bridgehead atoms. The van der Waals surface area contributed by atoms with Crippen LogP contribution in [0.15, 0.2) is 89.0 Å². The van der Waals surface area contributed by atoms with Gasteiger partial charge in [-0.25, -0.2) is 9.38 Å². The number of nitrogens with two attached hydrogens (primary N) is 1. The summed E-state index contributed by atoms with van der Waals surface area (Å²) in [6.07, 6.45) is 13.5. The van der Waals surface area contributed by atoms with E-state index in [-0.39, 0.29) is 17.2 Å². The van der Waals surface area contributed by atoms with E-state index in [1.165, 1.54) is 11.1 Å². The molecule has 0 spiro atoms. The first kappa shape index (κ1) is 22.0. The number of rotatable bonds is 7. The number of hydrogen-bond acceptors (Lipinski definition) is 2. The van der Waals surface area contributed by atoms with Crippen molar-refractivity contribution in [3.63, 3.8) is 0 Å². The Kier molecular flexibility index (Phi) is 6.91. The normalized spacial score (nSPS) is 21.7. The van der Waals surface area contributed by atoms with E-state index in [4.69, 9.17) is 10.7 Å². The number of nitrogens with zero attached hydrogens (tertiary/aromatic N) is 1. The third-order valence-electron chi connectivity index (χ3n) is 6.09. The van der Waals surface area contributed by atoms with Crippen molar-refractivity contribution >= 4 is 5.71 Å². The lowest BCUT2D eigenvalue weighted by molar-refractivity contribution is 0.456. The Morgan fingerprint density at radius 1 is 1.33 bits per heavy atom. The molecular formula is C27H33FN2. The Hall–Kier alpha value is -2.68. The Morgan fingerprint density at radius 3 is 2.77 bits per heavy atom. The van der Waals surface area contributed by atoms with Gasteiger partial charge in [0.15, 0.2) is 0 Å². The van der Waals surface area contributed by atoms with Gasteiger partial charge in [0.2, 0.25) is 0 Å². The van der Waals surface area contributed by atoms with Gasteiger partial charge in [0.05, 0.1) is 11.4 Å². The highest BCUT2D eigenvalue weighted by atomic mass is 19.1. The molecule has 3 heteroatoms. The lowest BCUT2D eigenvalue weighted by Crippen LogP contribution is -2.21. The minimum Gasteiger partial charge on any atom is -0.404 e. The standard InChI is InChI=1S/C27H33FN2/c1-5-20-12-14-24(28)25(17-20)30-26(23-10-7-15-27(23,3)4)22(18-29)13-11-21-9-6-8-19(2)16-21/h5-6,8-10,14,16-18,20H,1,7,11-13,15,29H2,2-4H3. The summed E-state index contributed by atoms with van der Waals surface area (Å²) < 4.78 is 14.6. The smallest absolute Gasteiger partial charge is 0.144 e. The third kappa shape index (κ3) is 5.08. The monoisotopic (exact) mass is 404 g/mol. The van der Waals surface area contributed by atoms with Crippen LogP contribution in [0.4, 0.5) is 4.39 Å². The highest BCUT2D eigenvalue weighted by molar-refractivity contribution is 6.14. The maximum Gasteiger partial charge on any atom is 0.144 e. The van der Waals surface area contributed by atoms with Crippen LogP contribution in [-0.2, 0) is 6.42 Å². The molecular weight excluding hydrogens is 371 g/mol. The Morgan fingerprint density at radius 2 is 2.13 bits per heavy atom. The number of halogens is 1. The van der Waals surface area contributed by atoms with Crippen molar-refractivity contribution in [3.05, 3.63) is 95.1 Å². The molecule has 2 nitrogen and oxygen atoms in total. The van der Waals surface area contributed by atoms with Crippen LogP contribution in [0, 0.1) is 18.3 Å². The summed E-state index contributed by atoms with van der Waals surface area (Å²) in [5, 5.41) is 0. The molecule has 2 N–H and O–H groups in total. The molecule has 1 aromatic rings. The van der Waals surface area contributed by atoms with Gasteiger partial charge < -0.3 is 5.73 Å². The molecule has 0 amide bonds. The third-order valence-corrected chi connectivity index (χ3v) is 6.09. The first-order chi connectivity index (χ1) is 14.3. The van der Waals surface area contributed by atoms with Crippen molar-refractivity contribution in [2.24, 2.45) is 22.1 Å². The summed E-state index contributed by atoms with van der Waals surface area (Å²) in [5.41, 5.74) is 11.9. The first-order valence-electron chi connectivity index (χ1n) is 10.8. The number of aliphatic imine (C=N–C) groups is 1. The SMILES string of the molecule is C=CC1C=C(N=C(C(=CN)CCc2cccc(C)c2)C2=CCCC2(C)C)C(F)=CC1. The van der Waals surface area contributed by atoms with Crippen molar-refractivity contribution in [3.8, 4) is 0 Å². The van der Waals surface area contributed by atoms with E-state index in [0.29, 0.717) is 12.1 Å². The number of allylic oxidation sites excluding steroid dienone is 7. The van der Waals surface area contributed by atoms with Gasteiger partial charge in [0.25, 0.3) is 0 Å².